The first-order chi connectivity index (χ1) is 13.1. The van der Waals surface area contributed by atoms with E-state index in [4.69, 9.17) is 14.2 Å². The van der Waals surface area contributed by atoms with Gasteiger partial charge in [0.25, 0.3) is 0 Å². The number of aryl methyl sites for hydroxylation is 2. The smallest absolute Gasteiger partial charge is 0.349 e. The van der Waals surface area contributed by atoms with Gasteiger partial charge in [-0.1, -0.05) is 54.6 Å². The van der Waals surface area contributed by atoms with Crippen LogP contribution < -0.4 is 14.2 Å². The molecule has 4 heteroatoms. The number of para-hydroxylation sites is 1. The molecule has 0 N–H and O–H groups in total. The molecule has 0 aliphatic carbocycles. The topological polar surface area (TPSA) is 44.8 Å². The first kappa shape index (κ1) is 18.5. The molecule has 0 fully saturated rings. The van der Waals surface area contributed by atoms with E-state index in [2.05, 4.69) is 0 Å². The molecule has 0 atom stereocenters. The van der Waals surface area contributed by atoms with Crippen LogP contribution in [0.4, 0.5) is 0 Å². The summed E-state index contributed by atoms with van der Waals surface area (Å²) in [6.07, 6.45) is 0. The average Bonchev–Trinajstić information content (AvgIpc) is 2.67. The van der Waals surface area contributed by atoms with E-state index in [0.717, 1.165) is 16.7 Å². The number of benzene rings is 3. The molecule has 0 aromatic heterocycles. The van der Waals surface area contributed by atoms with E-state index in [1.165, 1.54) is 0 Å². The highest BCUT2D eigenvalue weighted by Gasteiger charge is 2.13. The van der Waals surface area contributed by atoms with Crippen LogP contribution in [0.1, 0.15) is 16.7 Å². The maximum Gasteiger partial charge on any atom is 0.349 e. The largest absolute Gasteiger partial charge is 0.485 e. The number of carbonyl (C=O) groups excluding carboxylic acids is 1. The van der Waals surface area contributed by atoms with E-state index >= 15 is 0 Å². The first-order valence-electron chi connectivity index (χ1n) is 8.78. The van der Waals surface area contributed by atoms with Crippen molar-refractivity contribution in [2.45, 2.75) is 20.5 Å². The predicted octanol–water partition coefficient (Wildman–Crippen LogP) is 4.87. The quantitative estimate of drug-likeness (QED) is 0.444. The molecule has 3 rings (SSSR count). The second-order valence-electron chi connectivity index (χ2n) is 6.26. The molecule has 0 heterocycles. The number of ether oxygens (including phenoxy) is 3. The van der Waals surface area contributed by atoms with Gasteiger partial charge in [-0.25, -0.2) is 4.79 Å². The van der Waals surface area contributed by atoms with Gasteiger partial charge in [0, 0.05) is 0 Å². The number of esters is 1. The van der Waals surface area contributed by atoms with Crippen molar-refractivity contribution in [3.8, 4) is 17.2 Å². The molecule has 0 radical (unpaired) electrons. The highest BCUT2D eigenvalue weighted by molar-refractivity contribution is 5.74. The van der Waals surface area contributed by atoms with Crippen LogP contribution in [0.15, 0.2) is 72.8 Å². The van der Waals surface area contributed by atoms with Gasteiger partial charge in [-0.15, -0.1) is 0 Å². The van der Waals surface area contributed by atoms with Gasteiger partial charge in [-0.2, -0.15) is 0 Å². The summed E-state index contributed by atoms with van der Waals surface area (Å²) < 4.78 is 17.0. The minimum absolute atomic E-state index is 0.195. The minimum Gasteiger partial charge on any atom is -0.485 e. The van der Waals surface area contributed by atoms with Crippen molar-refractivity contribution in [3.05, 3.63) is 89.5 Å². The summed E-state index contributed by atoms with van der Waals surface area (Å²) in [6, 6.07) is 22.7. The van der Waals surface area contributed by atoms with E-state index in [9.17, 15) is 4.79 Å². The lowest BCUT2D eigenvalue weighted by Crippen LogP contribution is -2.18. The van der Waals surface area contributed by atoms with Gasteiger partial charge in [0.05, 0.1) is 0 Å². The van der Waals surface area contributed by atoms with Crippen molar-refractivity contribution in [3.63, 3.8) is 0 Å². The second-order valence-corrected chi connectivity index (χ2v) is 6.26. The van der Waals surface area contributed by atoms with Crippen LogP contribution in [-0.4, -0.2) is 12.6 Å². The molecule has 0 unspecified atom stereocenters. The van der Waals surface area contributed by atoms with Crippen LogP contribution in [-0.2, 0) is 11.4 Å². The molecule has 3 aromatic rings. The van der Waals surface area contributed by atoms with Crippen LogP contribution in [0.25, 0.3) is 0 Å². The van der Waals surface area contributed by atoms with E-state index in [1.54, 1.807) is 12.1 Å². The van der Waals surface area contributed by atoms with Crippen molar-refractivity contribution in [2.24, 2.45) is 0 Å². The fraction of sp³-hybridized carbons (Fsp3) is 0.174. The molecule has 0 spiro atoms. The highest BCUT2D eigenvalue weighted by Crippen LogP contribution is 2.33. The third-order valence-electron chi connectivity index (χ3n) is 3.93. The lowest BCUT2D eigenvalue weighted by molar-refractivity contribution is -0.136. The van der Waals surface area contributed by atoms with E-state index in [-0.39, 0.29) is 6.61 Å². The fourth-order valence-electron chi connectivity index (χ4n) is 2.72. The Labute approximate surface area is 159 Å². The van der Waals surface area contributed by atoms with E-state index < -0.39 is 5.97 Å². The lowest BCUT2D eigenvalue weighted by Gasteiger charge is -2.16. The van der Waals surface area contributed by atoms with E-state index in [1.807, 2.05) is 74.5 Å². The molecular formula is C23H22O4. The van der Waals surface area contributed by atoms with Crippen LogP contribution in [0.2, 0.25) is 0 Å². The zero-order valence-corrected chi connectivity index (χ0v) is 15.5. The number of carbonyl (C=O) groups is 1. The van der Waals surface area contributed by atoms with Crippen molar-refractivity contribution in [2.75, 3.05) is 6.61 Å². The van der Waals surface area contributed by atoms with Crippen LogP contribution in [0.5, 0.6) is 17.2 Å². The Morgan fingerprint density at radius 1 is 0.852 bits per heavy atom. The third-order valence-corrected chi connectivity index (χ3v) is 3.93. The number of hydrogen-bond donors (Lipinski definition) is 0. The number of rotatable bonds is 7. The van der Waals surface area contributed by atoms with Crippen molar-refractivity contribution >= 4 is 5.97 Å². The summed E-state index contributed by atoms with van der Waals surface area (Å²) in [7, 11) is 0. The third kappa shape index (κ3) is 5.35. The molecule has 0 saturated heterocycles. The molecule has 0 aliphatic heterocycles. The van der Waals surface area contributed by atoms with Gasteiger partial charge in [-0.3, -0.25) is 0 Å². The number of hydrogen-bond acceptors (Lipinski definition) is 4. The molecule has 0 aliphatic rings. The Hall–Kier alpha value is -3.27. The van der Waals surface area contributed by atoms with Gasteiger partial charge < -0.3 is 14.2 Å². The summed E-state index contributed by atoms with van der Waals surface area (Å²) in [4.78, 5) is 12.1. The van der Waals surface area contributed by atoms with E-state index in [0.29, 0.717) is 23.9 Å². The Kier molecular flexibility index (Phi) is 6.10. The summed E-state index contributed by atoms with van der Waals surface area (Å²) >= 11 is 0. The SMILES string of the molecule is Cc1cc(C)c(OCc2ccccc2)c(OCC(=O)Oc2ccccc2)c1. The van der Waals surface area contributed by atoms with Crippen LogP contribution in [0.3, 0.4) is 0 Å². The Morgan fingerprint density at radius 3 is 2.22 bits per heavy atom. The van der Waals surface area contributed by atoms with Gasteiger partial charge >= 0.3 is 5.97 Å². The van der Waals surface area contributed by atoms with Crippen molar-refractivity contribution in [1.29, 1.82) is 0 Å². The Balaban J connectivity index is 1.67. The molecule has 0 amide bonds. The van der Waals surface area contributed by atoms with Crippen molar-refractivity contribution < 1.29 is 19.0 Å². The monoisotopic (exact) mass is 362 g/mol. The second kappa shape index (κ2) is 8.90. The summed E-state index contributed by atoms with van der Waals surface area (Å²) in [5, 5.41) is 0. The van der Waals surface area contributed by atoms with Gasteiger partial charge in [0.15, 0.2) is 18.1 Å². The molecule has 0 saturated carbocycles. The Morgan fingerprint density at radius 2 is 1.52 bits per heavy atom. The maximum atomic E-state index is 12.1. The molecule has 27 heavy (non-hydrogen) atoms. The van der Waals surface area contributed by atoms with Crippen LogP contribution in [0, 0.1) is 13.8 Å². The summed E-state index contributed by atoms with van der Waals surface area (Å²) in [5.41, 5.74) is 3.05. The van der Waals surface area contributed by atoms with Gasteiger partial charge in [0.2, 0.25) is 0 Å². The molecule has 0 bridgehead atoms. The van der Waals surface area contributed by atoms with Gasteiger partial charge in [-0.05, 0) is 48.7 Å². The zero-order valence-electron chi connectivity index (χ0n) is 15.5. The minimum atomic E-state index is -0.464. The molecule has 3 aromatic carbocycles. The maximum absolute atomic E-state index is 12.1. The van der Waals surface area contributed by atoms with Gasteiger partial charge in [0.1, 0.15) is 12.4 Å². The first-order valence-corrected chi connectivity index (χ1v) is 8.78. The average molecular weight is 362 g/mol. The predicted molar refractivity (Wildman–Crippen MR) is 104 cm³/mol. The fourth-order valence-corrected chi connectivity index (χ4v) is 2.72. The zero-order chi connectivity index (χ0) is 19.1. The summed E-state index contributed by atoms with van der Waals surface area (Å²) in [6.45, 7) is 4.17. The van der Waals surface area contributed by atoms with Crippen molar-refractivity contribution in [1.82, 2.24) is 0 Å². The normalized spacial score (nSPS) is 10.3. The highest BCUT2D eigenvalue weighted by atomic mass is 16.6. The molecule has 4 nitrogen and oxygen atoms in total. The van der Waals surface area contributed by atoms with Crippen LogP contribution >= 0.6 is 0 Å². The molecular weight excluding hydrogens is 340 g/mol. The Bertz CT molecular complexity index is 889. The lowest BCUT2D eigenvalue weighted by atomic mass is 10.1. The standard InChI is InChI=1S/C23H22O4/c1-17-13-18(2)23(26-15-19-9-5-3-6-10-19)21(14-17)25-16-22(24)27-20-11-7-4-8-12-20/h3-14H,15-16H2,1-2H3. The molecule has 138 valence electrons. The summed E-state index contributed by atoms with van der Waals surface area (Å²) in [5.74, 6) is 1.20.